The van der Waals surface area contributed by atoms with Crippen LogP contribution in [-0.2, 0) is 14.4 Å². The Labute approximate surface area is 238 Å². The summed E-state index contributed by atoms with van der Waals surface area (Å²) >= 11 is 0. The van der Waals surface area contributed by atoms with Gasteiger partial charge in [0.2, 0.25) is 5.91 Å². The van der Waals surface area contributed by atoms with Crippen molar-refractivity contribution in [3.05, 3.63) is 103 Å². The number of hydrogen-bond donors (Lipinski definition) is 1. The van der Waals surface area contributed by atoms with Crippen LogP contribution >= 0.6 is 0 Å². The Morgan fingerprint density at radius 1 is 0.951 bits per heavy atom. The minimum absolute atomic E-state index is 0.0989. The molecule has 0 fully saturated rings. The van der Waals surface area contributed by atoms with Crippen molar-refractivity contribution in [1.82, 2.24) is 15.1 Å². The van der Waals surface area contributed by atoms with Gasteiger partial charge < -0.3 is 14.5 Å². The van der Waals surface area contributed by atoms with Crippen molar-refractivity contribution < 1.29 is 19.1 Å². The average molecular weight is 550 g/mol. The van der Waals surface area contributed by atoms with Gasteiger partial charge in [-0.3, -0.25) is 24.4 Å². The van der Waals surface area contributed by atoms with E-state index in [1.807, 2.05) is 87.5 Å². The third kappa shape index (κ3) is 5.74. The number of rotatable bonds is 8. The van der Waals surface area contributed by atoms with Crippen LogP contribution in [0.1, 0.15) is 26.5 Å². The smallest absolute Gasteiger partial charge is 0.268 e. The molecule has 9 nitrogen and oxygen atoms in total. The maximum Gasteiger partial charge on any atom is 0.268 e. The number of amides is 3. The van der Waals surface area contributed by atoms with Gasteiger partial charge in [-0.1, -0.05) is 36.4 Å². The molecule has 4 aromatic rings. The van der Waals surface area contributed by atoms with E-state index in [9.17, 15) is 14.4 Å². The van der Waals surface area contributed by atoms with E-state index in [1.54, 1.807) is 17.0 Å². The van der Waals surface area contributed by atoms with Gasteiger partial charge in [-0.2, -0.15) is 5.10 Å². The summed E-state index contributed by atoms with van der Waals surface area (Å²) in [5.41, 5.74) is 2.41. The van der Waals surface area contributed by atoms with Crippen molar-refractivity contribution in [3.8, 4) is 5.75 Å². The van der Waals surface area contributed by atoms with Gasteiger partial charge in [0.15, 0.2) is 0 Å². The summed E-state index contributed by atoms with van der Waals surface area (Å²) in [5.74, 6) is -0.696. The zero-order valence-electron chi connectivity index (χ0n) is 23.2. The van der Waals surface area contributed by atoms with Crippen molar-refractivity contribution in [2.24, 2.45) is 0 Å². The van der Waals surface area contributed by atoms with Crippen LogP contribution in [0, 0.1) is 0 Å². The summed E-state index contributed by atoms with van der Waals surface area (Å²) in [6.07, 6.45) is 4.51. The number of para-hydroxylation sites is 2. The monoisotopic (exact) mass is 549 g/mol. The summed E-state index contributed by atoms with van der Waals surface area (Å²) < 4.78 is 5.53. The summed E-state index contributed by atoms with van der Waals surface area (Å²) in [5, 5.41) is 7.99. The quantitative estimate of drug-likeness (QED) is 0.243. The zero-order chi connectivity index (χ0) is 28.9. The molecule has 1 N–H and O–H groups in total. The molecular formula is C32H31N5O4. The van der Waals surface area contributed by atoms with Gasteiger partial charge in [-0.25, -0.2) is 0 Å². The number of fused-ring (bicyclic) bond motifs is 1. The van der Waals surface area contributed by atoms with E-state index in [-0.39, 0.29) is 24.1 Å². The minimum Gasteiger partial charge on any atom is -0.494 e. The summed E-state index contributed by atoms with van der Waals surface area (Å²) in [4.78, 5) is 45.7. The molecule has 0 bridgehead atoms. The average Bonchev–Trinajstić information content (AvgIpc) is 3.34. The number of nitrogens with one attached hydrogen (secondary N) is 1. The molecule has 0 radical (unpaired) electrons. The molecule has 3 amide bonds. The standard InChI is InChI=1S/C32H31N5O4/c1-4-41-25-16-14-24(15-17-25)37(22(2)3)30(38)21-35-18-19-36(23-10-6-5-7-11-23)32(40)27(31(35)39)20-29-26-12-8-9-13-28(26)33-34-29/h5-20,22H,4,21H2,1-3H3,(H,33,34). The first-order valence-electron chi connectivity index (χ1n) is 13.4. The third-order valence-electron chi connectivity index (χ3n) is 6.67. The van der Waals surface area contributed by atoms with Crippen LogP contribution in [0.5, 0.6) is 5.75 Å². The molecule has 1 aromatic heterocycles. The number of benzene rings is 3. The van der Waals surface area contributed by atoms with Gasteiger partial charge >= 0.3 is 0 Å². The third-order valence-corrected chi connectivity index (χ3v) is 6.67. The second kappa shape index (κ2) is 11.9. The molecule has 0 spiro atoms. The molecule has 208 valence electrons. The first-order chi connectivity index (χ1) is 19.9. The molecule has 3 aromatic carbocycles. The van der Waals surface area contributed by atoms with Crippen molar-refractivity contribution in [2.45, 2.75) is 26.8 Å². The summed E-state index contributed by atoms with van der Waals surface area (Å²) in [6, 6.07) is 23.5. The number of carbonyl (C=O) groups excluding carboxylic acids is 3. The number of aromatic amines is 1. The van der Waals surface area contributed by atoms with Crippen molar-refractivity contribution >= 4 is 46.1 Å². The van der Waals surface area contributed by atoms with Gasteiger partial charge in [0, 0.05) is 35.2 Å². The predicted octanol–water partition coefficient (Wildman–Crippen LogP) is 5.13. The Hall–Kier alpha value is -5.18. The van der Waals surface area contributed by atoms with E-state index in [1.165, 1.54) is 28.3 Å². The van der Waals surface area contributed by atoms with E-state index in [0.29, 0.717) is 34.9 Å². The van der Waals surface area contributed by atoms with Crippen LogP contribution < -0.4 is 14.5 Å². The lowest BCUT2D eigenvalue weighted by Crippen LogP contribution is -2.44. The first kappa shape index (κ1) is 27.4. The zero-order valence-corrected chi connectivity index (χ0v) is 23.2. The number of carbonyl (C=O) groups is 3. The Morgan fingerprint density at radius 2 is 1.66 bits per heavy atom. The number of anilines is 2. The minimum atomic E-state index is -0.591. The Kier molecular flexibility index (Phi) is 7.96. The maximum atomic E-state index is 13.9. The van der Waals surface area contributed by atoms with Gasteiger partial charge in [0.25, 0.3) is 11.8 Å². The van der Waals surface area contributed by atoms with Crippen LogP contribution in [0.25, 0.3) is 17.0 Å². The molecule has 0 aliphatic carbocycles. The van der Waals surface area contributed by atoms with Gasteiger partial charge in [-0.05, 0) is 69.3 Å². The second-order valence-corrected chi connectivity index (χ2v) is 9.74. The number of hydrogen-bond acceptors (Lipinski definition) is 5. The Balaban J connectivity index is 1.51. The van der Waals surface area contributed by atoms with Crippen LogP contribution in [0.4, 0.5) is 11.4 Å². The molecule has 41 heavy (non-hydrogen) atoms. The largest absolute Gasteiger partial charge is 0.494 e. The fraction of sp³-hybridized carbons (Fsp3) is 0.188. The maximum absolute atomic E-state index is 13.9. The first-order valence-corrected chi connectivity index (χ1v) is 13.4. The van der Waals surface area contributed by atoms with Crippen molar-refractivity contribution in [3.63, 3.8) is 0 Å². The highest BCUT2D eigenvalue weighted by Crippen LogP contribution is 2.26. The number of nitrogens with zero attached hydrogens (tertiary/aromatic N) is 4. The predicted molar refractivity (Wildman–Crippen MR) is 159 cm³/mol. The number of aromatic nitrogens is 2. The molecule has 0 atom stereocenters. The molecule has 0 unspecified atom stereocenters. The molecule has 1 aliphatic heterocycles. The second-order valence-electron chi connectivity index (χ2n) is 9.74. The SMILES string of the molecule is CCOc1ccc(N(C(=O)CN2C=CN(c3ccccc3)C(=O)C(=Cc3[nH]nc4ccccc34)C2=O)C(C)C)cc1. The van der Waals surface area contributed by atoms with Gasteiger partial charge in [-0.15, -0.1) is 0 Å². The highest BCUT2D eigenvalue weighted by molar-refractivity contribution is 6.28. The molecular weight excluding hydrogens is 518 g/mol. The molecule has 1 aliphatic rings. The highest BCUT2D eigenvalue weighted by atomic mass is 16.5. The van der Waals surface area contributed by atoms with Crippen LogP contribution in [0.15, 0.2) is 96.8 Å². The van der Waals surface area contributed by atoms with E-state index in [2.05, 4.69) is 10.2 Å². The molecule has 2 heterocycles. The van der Waals surface area contributed by atoms with E-state index in [0.717, 1.165) is 5.39 Å². The van der Waals surface area contributed by atoms with Crippen molar-refractivity contribution in [1.29, 1.82) is 0 Å². The van der Waals surface area contributed by atoms with Gasteiger partial charge in [0.05, 0.1) is 17.8 Å². The van der Waals surface area contributed by atoms with Crippen molar-refractivity contribution in [2.75, 3.05) is 23.0 Å². The Morgan fingerprint density at radius 3 is 2.37 bits per heavy atom. The lowest BCUT2D eigenvalue weighted by atomic mass is 10.1. The summed E-state index contributed by atoms with van der Waals surface area (Å²) in [7, 11) is 0. The molecule has 9 heteroatoms. The molecule has 5 rings (SSSR count). The summed E-state index contributed by atoms with van der Waals surface area (Å²) in [6.45, 7) is 5.99. The fourth-order valence-corrected chi connectivity index (χ4v) is 4.75. The lowest BCUT2D eigenvalue weighted by Gasteiger charge is -2.29. The van der Waals surface area contributed by atoms with Crippen LogP contribution in [0.2, 0.25) is 0 Å². The topological polar surface area (TPSA) is 98.8 Å². The molecule has 0 saturated carbocycles. The fourth-order valence-electron chi connectivity index (χ4n) is 4.75. The normalized spacial score (nSPS) is 14.7. The van der Waals surface area contributed by atoms with E-state index in [4.69, 9.17) is 4.74 Å². The van der Waals surface area contributed by atoms with Crippen LogP contribution in [-0.4, -0.2) is 52.0 Å². The van der Waals surface area contributed by atoms with Crippen LogP contribution in [0.3, 0.4) is 0 Å². The number of H-pyrrole nitrogens is 1. The lowest BCUT2D eigenvalue weighted by molar-refractivity contribution is -0.131. The Bertz CT molecular complexity index is 1620. The number of ether oxygens (including phenoxy) is 1. The van der Waals surface area contributed by atoms with E-state index >= 15 is 0 Å². The highest BCUT2D eigenvalue weighted by Gasteiger charge is 2.33. The van der Waals surface area contributed by atoms with Gasteiger partial charge in [0.1, 0.15) is 17.9 Å². The van der Waals surface area contributed by atoms with E-state index < -0.39 is 11.8 Å². The molecule has 0 saturated heterocycles.